The molecule has 0 fully saturated rings. The number of aliphatic hydroxyl groups is 1. The molecule has 0 heterocycles. The molecule has 3 amide bonds. The quantitative estimate of drug-likeness (QED) is 0.423. The van der Waals surface area contributed by atoms with E-state index in [9.17, 15) is 19.7 Å². The standard InChI is InChI=1S/C15H21N3O8/c1-8(4-5-19)12(26-18(22)23)10-6-9(24-2)7-11(13(10)25-3)14(20)17-15(16)21/h6-8,12,19H,4-5H2,1-3H3,(H3,16,17,20,21). The number of amides is 3. The van der Waals surface area contributed by atoms with Gasteiger partial charge in [0.15, 0.2) is 0 Å². The number of carbonyl (C=O) groups excluding carboxylic acids is 2. The summed E-state index contributed by atoms with van der Waals surface area (Å²) in [6.07, 6.45) is -0.955. The minimum atomic E-state index is -1.15. The predicted molar refractivity (Wildman–Crippen MR) is 88.3 cm³/mol. The second-order valence-electron chi connectivity index (χ2n) is 5.35. The molecular weight excluding hydrogens is 350 g/mol. The lowest BCUT2D eigenvalue weighted by Gasteiger charge is -2.25. The predicted octanol–water partition coefficient (Wildman–Crippen LogP) is 0.780. The van der Waals surface area contributed by atoms with E-state index in [2.05, 4.69) is 0 Å². The summed E-state index contributed by atoms with van der Waals surface area (Å²) in [5.74, 6) is -1.23. The number of nitrogens with one attached hydrogen (secondary N) is 1. The molecule has 0 aliphatic heterocycles. The number of hydrogen-bond acceptors (Lipinski definition) is 8. The number of urea groups is 1. The molecular formula is C15H21N3O8. The van der Waals surface area contributed by atoms with Crippen LogP contribution in [0.1, 0.15) is 35.4 Å². The van der Waals surface area contributed by atoms with Crippen molar-refractivity contribution in [2.24, 2.45) is 11.7 Å². The maximum absolute atomic E-state index is 12.2. The van der Waals surface area contributed by atoms with Crippen molar-refractivity contribution in [3.05, 3.63) is 33.4 Å². The zero-order valence-corrected chi connectivity index (χ0v) is 14.6. The Kier molecular flexibility index (Phi) is 7.59. The number of rotatable bonds is 9. The van der Waals surface area contributed by atoms with Gasteiger partial charge < -0.3 is 25.2 Å². The van der Waals surface area contributed by atoms with Gasteiger partial charge >= 0.3 is 6.03 Å². The fourth-order valence-corrected chi connectivity index (χ4v) is 2.44. The smallest absolute Gasteiger partial charge is 0.319 e. The normalized spacial score (nSPS) is 12.6. The van der Waals surface area contributed by atoms with Gasteiger partial charge in [-0.15, -0.1) is 10.1 Å². The summed E-state index contributed by atoms with van der Waals surface area (Å²) in [4.78, 5) is 38.9. The first-order valence-electron chi connectivity index (χ1n) is 7.53. The molecule has 26 heavy (non-hydrogen) atoms. The maximum atomic E-state index is 12.2. The summed E-state index contributed by atoms with van der Waals surface area (Å²) in [6.45, 7) is 1.41. The van der Waals surface area contributed by atoms with Gasteiger partial charge in [0.25, 0.3) is 11.0 Å². The third kappa shape index (κ3) is 5.21. The molecule has 0 aromatic heterocycles. The SMILES string of the molecule is COc1cc(C(=O)NC(N)=O)c(OC)c(C(O[N+](=O)[O-])C(C)CCO)c1. The minimum absolute atomic E-state index is 0.0406. The molecule has 4 N–H and O–H groups in total. The highest BCUT2D eigenvalue weighted by Gasteiger charge is 2.30. The van der Waals surface area contributed by atoms with Gasteiger partial charge in [0, 0.05) is 12.2 Å². The van der Waals surface area contributed by atoms with Crippen molar-refractivity contribution >= 4 is 11.9 Å². The molecule has 0 saturated carbocycles. The molecule has 0 bridgehead atoms. The zero-order valence-electron chi connectivity index (χ0n) is 14.6. The molecule has 0 aliphatic carbocycles. The average molecular weight is 371 g/mol. The van der Waals surface area contributed by atoms with Gasteiger partial charge in [-0.1, -0.05) is 6.92 Å². The van der Waals surface area contributed by atoms with E-state index in [0.29, 0.717) is 0 Å². The fourth-order valence-electron chi connectivity index (χ4n) is 2.44. The highest BCUT2D eigenvalue weighted by Crippen LogP contribution is 2.39. The summed E-state index contributed by atoms with van der Waals surface area (Å²) in [5, 5.41) is 21.0. The molecule has 144 valence electrons. The van der Waals surface area contributed by atoms with E-state index in [-0.39, 0.29) is 35.7 Å². The highest BCUT2D eigenvalue weighted by molar-refractivity contribution is 6.06. The lowest BCUT2D eigenvalue weighted by Crippen LogP contribution is -2.35. The Morgan fingerprint density at radius 1 is 1.35 bits per heavy atom. The van der Waals surface area contributed by atoms with Gasteiger partial charge in [-0.3, -0.25) is 10.1 Å². The topological polar surface area (TPSA) is 163 Å². The molecule has 1 rings (SSSR count). The van der Waals surface area contributed by atoms with E-state index in [1.54, 1.807) is 6.92 Å². The van der Waals surface area contributed by atoms with E-state index in [0.717, 1.165) is 0 Å². The van der Waals surface area contributed by atoms with Crippen molar-refractivity contribution in [1.82, 2.24) is 5.32 Å². The Hall–Kier alpha value is -3.08. The van der Waals surface area contributed by atoms with Crippen LogP contribution in [0.3, 0.4) is 0 Å². The number of hydrogen-bond donors (Lipinski definition) is 3. The fraction of sp³-hybridized carbons (Fsp3) is 0.467. The van der Waals surface area contributed by atoms with Crippen LogP contribution in [0.25, 0.3) is 0 Å². The van der Waals surface area contributed by atoms with Crippen LogP contribution in [-0.2, 0) is 4.84 Å². The van der Waals surface area contributed by atoms with Crippen LogP contribution in [-0.4, -0.2) is 43.0 Å². The average Bonchev–Trinajstić information content (AvgIpc) is 2.57. The number of aliphatic hydroxyl groups excluding tert-OH is 1. The van der Waals surface area contributed by atoms with E-state index in [1.807, 2.05) is 5.32 Å². The van der Waals surface area contributed by atoms with Crippen LogP contribution < -0.4 is 20.5 Å². The monoisotopic (exact) mass is 371 g/mol. The molecule has 0 aliphatic rings. The van der Waals surface area contributed by atoms with Crippen molar-refractivity contribution in [2.75, 3.05) is 20.8 Å². The molecule has 0 radical (unpaired) electrons. The van der Waals surface area contributed by atoms with Crippen LogP contribution in [0.5, 0.6) is 11.5 Å². The Labute approximate surface area is 149 Å². The van der Waals surface area contributed by atoms with Crippen LogP contribution in [0.2, 0.25) is 0 Å². The molecule has 0 spiro atoms. The minimum Gasteiger partial charge on any atom is -0.497 e. The number of ether oxygens (including phenoxy) is 2. The van der Waals surface area contributed by atoms with Gasteiger partial charge in [-0.05, 0) is 24.5 Å². The van der Waals surface area contributed by atoms with E-state index >= 15 is 0 Å². The van der Waals surface area contributed by atoms with Crippen molar-refractivity contribution in [3.63, 3.8) is 0 Å². The Bertz CT molecular complexity index is 679. The van der Waals surface area contributed by atoms with Crippen LogP contribution in [0.15, 0.2) is 12.1 Å². The third-order valence-electron chi connectivity index (χ3n) is 3.62. The molecule has 11 nitrogen and oxygen atoms in total. The zero-order chi connectivity index (χ0) is 19.9. The first-order valence-corrected chi connectivity index (χ1v) is 7.53. The molecule has 0 saturated heterocycles. The van der Waals surface area contributed by atoms with Gasteiger partial charge in [0.1, 0.15) is 17.6 Å². The number of nitrogens with two attached hydrogens (primary N) is 1. The lowest BCUT2D eigenvalue weighted by atomic mass is 9.92. The summed E-state index contributed by atoms with van der Waals surface area (Å²) in [5.41, 5.74) is 4.99. The van der Waals surface area contributed by atoms with Crippen LogP contribution in [0.4, 0.5) is 4.79 Å². The molecule has 1 aromatic carbocycles. The Morgan fingerprint density at radius 3 is 2.46 bits per heavy atom. The number of methoxy groups -OCH3 is 2. The first-order chi connectivity index (χ1) is 12.2. The maximum Gasteiger partial charge on any atom is 0.319 e. The number of benzene rings is 1. The number of imide groups is 1. The first kappa shape index (κ1) is 21.0. The van der Waals surface area contributed by atoms with Crippen molar-refractivity contribution in [1.29, 1.82) is 0 Å². The van der Waals surface area contributed by atoms with E-state index in [1.165, 1.54) is 26.4 Å². The third-order valence-corrected chi connectivity index (χ3v) is 3.62. The van der Waals surface area contributed by atoms with Crippen molar-refractivity contribution in [3.8, 4) is 11.5 Å². The largest absolute Gasteiger partial charge is 0.497 e. The van der Waals surface area contributed by atoms with E-state index < -0.39 is 29.0 Å². The van der Waals surface area contributed by atoms with Gasteiger partial charge in [-0.2, -0.15) is 0 Å². The van der Waals surface area contributed by atoms with Crippen LogP contribution >= 0.6 is 0 Å². The number of primary amides is 1. The van der Waals surface area contributed by atoms with Gasteiger partial charge in [0.05, 0.1) is 19.8 Å². The van der Waals surface area contributed by atoms with E-state index in [4.69, 9.17) is 25.2 Å². The second kappa shape index (κ2) is 9.42. The number of nitrogens with zero attached hydrogens (tertiary/aromatic N) is 1. The number of carbonyl (C=O) groups is 2. The summed E-state index contributed by atoms with van der Waals surface area (Å²) >= 11 is 0. The summed E-state index contributed by atoms with van der Waals surface area (Å²) in [6, 6.07) is 1.63. The molecule has 2 atom stereocenters. The van der Waals surface area contributed by atoms with Gasteiger partial charge in [0.2, 0.25) is 0 Å². The summed E-state index contributed by atoms with van der Waals surface area (Å²) in [7, 11) is 2.59. The van der Waals surface area contributed by atoms with Gasteiger partial charge in [-0.25, -0.2) is 4.79 Å². The van der Waals surface area contributed by atoms with Crippen LogP contribution in [0, 0.1) is 16.0 Å². The highest BCUT2D eigenvalue weighted by atomic mass is 17.0. The Morgan fingerprint density at radius 2 is 2.00 bits per heavy atom. The molecule has 2 unspecified atom stereocenters. The lowest BCUT2D eigenvalue weighted by molar-refractivity contribution is -0.773. The second-order valence-corrected chi connectivity index (χ2v) is 5.35. The Balaban J connectivity index is 3.56. The summed E-state index contributed by atoms with van der Waals surface area (Å²) < 4.78 is 10.4. The molecule has 11 heteroatoms. The van der Waals surface area contributed by atoms with Crippen molar-refractivity contribution < 1.29 is 34.1 Å². The molecule has 1 aromatic rings. The van der Waals surface area contributed by atoms with Crippen molar-refractivity contribution in [2.45, 2.75) is 19.4 Å².